The molecule has 1 aromatic heterocycles. The van der Waals surface area contributed by atoms with E-state index in [4.69, 9.17) is 4.52 Å². The number of anilines is 2. The van der Waals surface area contributed by atoms with Crippen LogP contribution in [-0.2, 0) is 4.79 Å². The van der Waals surface area contributed by atoms with Crippen molar-refractivity contribution >= 4 is 29.2 Å². The van der Waals surface area contributed by atoms with Gasteiger partial charge >= 0.3 is 0 Å². The molecule has 0 saturated carbocycles. The van der Waals surface area contributed by atoms with E-state index in [2.05, 4.69) is 15.8 Å². The topological polar surface area (TPSA) is 67.2 Å². The van der Waals surface area contributed by atoms with Crippen LogP contribution in [0.2, 0.25) is 0 Å². The van der Waals surface area contributed by atoms with Crippen molar-refractivity contribution in [2.75, 3.05) is 10.6 Å². The standard InChI is InChI=1S/C15H17F2N3O2S/c1-3-12(14(21)19-13-8-9(2)22-20-13)18-10-4-6-11(7-5-10)23-15(16)17/h4-8,12,15,18H,3H2,1-2H3,(H,19,20,21)/t12-/m1/s1. The summed E-state index contributed by atoms with van der Waals surface area (Å²) in [6.07, 6.45) is 0.552. The summed E-state index contributed by atoms with van der Waals surface area (Å²) in [5.74, 6) is -1.73. The molecule has 0 aliphatic rings. The summed E-state index contributed by atoms with van der Waals surface area (Å²) in [5, 5.41) is 9.44. The molecule has 8 heteroatoms. The molecule has 0 aliphatic carbocycles. The largest absolute Gasteiger partial charge is 0.374 e. The van der Waals surface area contributed by atoms with Crippen LogP contribution in [0.1, 0.15) is 19.1 Å². The summed E-state index contributed by atoms with van der Waals surface area (Å²) < 4.78 is 29.5. The van der Waals surface area contributed by atoms with Gasteiger partial charge in [-0.2, -0.15) is 8.78 Å². The molecule has 5 nitrogen and oxygen atoms in total. The lowest BCUT2D eigenvalue weighted by molar-refractivity contribution is -0.117. The van der Waals surface area contributed by atoms with E-state index in [0.717, 1.165) is 0 Å². The normalized spacial score (nSPS) is 12.2. The number of carbonyl (C=O) groups is 1. The molecule has 0 spiro atoms. The Labute approximate surface area is 136 Å². The Hall–Kier alpha value is -2.09. The van der Waals surface area contributed by atoms with E-state index in [0.29, 0.717) is 40.3 Å². The summed E-state index contributed by atoms with van der Waals surface area (Å²) in [5.41, 5.74) is 0.682. The van der Waals surface area contributed by atoms with E-state index in [9.17, 15) is 13.6 Å². The van der Waals surface area contributed by atoms with Gasteiger partial charge in [0.1, 0.15) is 11.8 Å². The van der Waals surface area contributed by atoms with Gasteiger partial charge in [-0.1, -0.05) is 23.8 Å². The van der Waals surface area contributed by atoms with Crippen LogP contribution in [0.15, 0.2) is 39.8 Å². The van der Waals surface area contributed by atoms with Crippen LogP contribution < -0.4 is 10.6 Å². The zero-order valence-electron chi connectivity index (χ0n) is 12.7. The molecule has 2 N–H and O–H groups in total. The second kappa shape index (κ2) is 7.96. The molecule has 0 saturated heterocycles. The molecule has 0 radical (unpaired) electrons. The second-order valence-corrected chi connectivity index (χ2v) is 5.88. The van der Waals surface area contributed by atoms with Crippen molar-refractivity contribution in [1.29, 1.82) is 0 Å². The van der Waals surface area contributed by atoms with Crippen LogP contribution in [0.4, 0.5) is 20.3 Å². The number of carbonyl (C=O) groups excluding carboxylic acids is 1. The molecule has 0 unspecified atom stereocenters. The Bertz CT molecular complexity index is 646. The van der Waals surface area contributed by atoms with Crippen molar-refractivity contribution in [3.63, 3.8) is 0 Å². The molecule has 1 atom stereocenters. The smallest absolute Gasteiger partial charge is 0.288 e. The van der Waals surface area contributed by atoms with Crippen LogP contribution in [0, 0.1) is 6.92 Å². The summed E-state index contributed by atoms with van der Waals surface area (Å²) in [4.78, 5) is 12.7. The number of amides is 1. The summed E-state index contributed by atoms with van der Waals surface area (Å²) >= 11 is 0.483. The van der Waals surface area contributed by atoms with Crippen LogP contribution in [0.3, 0.4) is 0 Å². The molecule has 0 fully saturated rings. The van der Waals surface area contributed by atoms with Crippen LogP contribution in [0.5, 0.6) is 0 Å². The number of thioether (sulfide) groups is 1. The minimum atomic E-state index is -2.45. The van der Waals surface area contributed by atoms with E-state index in [1.54, 1.807) is 37.3 Å². The van der Waals surface area contributed by atoms with Crippen molar-refractivity contribution in [2.24, 2.45) is 0 Å². The molecule has 2 aromatic rings. The number of hydrogen-bond acceptors (Lipinski definition) is 5. The van der Waals surface area contributed by atoms with E-state index >= 15 is 0 Å². The third-order valence-electron chi connectivity index (χ3n) is 3.02. The third-order valence-corrected chi connectivity index (χ3v) is 3.75. The van der Waals surface area contributed by atoms with Gasteiger partial charge in [-0.25, -0.2) is 0 Å². The lowest BCUT2D eigenvalue weighted by atomic mass is 10.2. The van der Waals surface area contributed by atoms with Crippen LogP contribution in [0.25, 0.3) is 0 Å². The zero-order chi connectivity index (χ0) is 16.8. The highest BCUT2D eigenvalue weighted by Crippen LogP contribution is 2.26. The molecule has 1 amide bonds. The molecule has 1 heterocycles. The Balaban J connectivity index is 1.96. The Morgan fingerprint density at radius 3 is 2.57 bits per heavy atom. The lowest BCUT2D eigenvalue weighted by Gasteiger charge is -2.17. The SMILES string of the molecule is CC[C@@H](Nc1ccc(SC(F)F)cc1)C(=O)Nc1cc(C)on1. The first-order valence-corrected chi connectivity index (χ1v) is 7.91. The van der Waals surface area contributed by atoms with Gasteiger partial charge < -0.3 is 15.2 Å². The van der Waals surface area contributed by atoms with Crippen molar-refractivity contribution < 1.29 is 18.1 Å². The molecular formula is C15H17F2N3O2S. The van der Waals surface area contributed by atoms with E-state index in [1.807, 2.05) is 6.92 Å². The van der Waals surface area contributed by atoms with Gasteiger partial charge in [0, 0.05) is 16.6 Å². The van der Waals surface area contributed by atoms with Crippen LogP contribution in [-0.4, -0.2) is 22.9 Å². The minimum absolute atomic E-state index is 0.244. The number of hydrogen-bond donors (Lipinski definition) is 2. The second-order valence-electron chi connectivity index (χ2n) is 4.82. The number of aromatic nitrogens is 1. The third kappa shape index (κ3) is 5.24. The van der Waals surface area contributed by atoms with E-state index in [-0.39, 0.29) is 5.91 Å². The summed E-state index contributed by atoms with van der Waals surface area (Å²) in [6.45, 7) is 3.60. The molecule has 0 bridgehead atoms. The molecule has 124 valence electrons. The van der Waals surface area contributed by atoms with Crippen molar-refractivity contribution in [1.82, 2.24) is 5.16 Å². The highest BCUT2D eigenvalue weighted by molar-refractivity contribution is 7.99. The number of nitrogens with zero attached hydrogens (tertiary/aromatic N) is 1. The maximum atomic E-state index is 12.3. The number of halogens is 2. The number of rotatable bonds is 7. The van der Waals surface area contributed by atoms with Gasteiger partial charge in [0.2, 0.25) is 5.91 Å². The Kier molecular flexibility index (Phi) is 5.97. The number of benzene rings is 1. The quantitative estimate of drug-likeness (QED) is 0.741. The first kappa shape index (κ1) is 17.3. The van der Waals surface area contributed by atoms with E-state index < -0.39 is 11.8 Å². The Morgan fingerprint density at radius 1 is 1.35 bits per heavy atom. The van der Waals surface area contributed by atoms with Gasteiger partial charge in [-0.3, -0.25) is 4.79 Å². The predicted molar refractivity (Wildman–Crippen MR) is 85.9 cm³/mol. The fraction of sp³-hybridized carbons (Fsp3) is 0.333. The summed E-state index contributed by atoms with van der Waals surface area (Å²) in [6, 6.07) is 7.67. The van der Waals surface area contributed by atoms with Gasteiger partial charge in [0.05, 0.1) is 0 Å². The van der Waals surface area contributed by atoms with Crippen molar-refractivity contribution in [2.45, 2.75) is 37.0 Å². The zero-order valence-corrected chi connectivity index (χ0v) is 13.5. The van der Waals surface area contributed by atoms with Gasteiger partial charge in [-0.05, 0) is 37.6 Å². The molecule has 2 rings (SSSR count). The Morgan fingerprint density at radius 2 is 2.04 bits per heavy atom. The lowest BCUT2D eigenvalue weighted by Crippen LogP contribution is -2.34. The molecular weight excluding hydrogens is 324 g/mol. The summed E-state index contributed by atoms with van der Waals surface area (Å²) in [7, 11) is 0. The molecule has 0 aliphatic heterocycles. The maximum Gasteiger partial charge on any atom is 0.288 e. The first-order chi connectivity index (χ1) is 11.0. The highest BCUT2D eigenvalue weighted by Gasteiger charge is 2.17. The van der Waals surface area contributed by atoms with Crippen LogP contribution >= 0.6 is 11.8 Å². The monoisotopic (exact) mass is 341 g/mol. The fourth-order valence-corrected chi connectivity index (χ4v) is 2.42. The number of alkyl halides is 2. The molecule has 1 aromatic carbocycles. The van der Waals surface area contributed by atoms with Gasteiger partial charge in [0.15, 0.2) is 5.82 Å². The van der Waals surface area contributed by atoms with Crippen molar-refractivity contribution in [3.8, 4) is 0 Å². The maximum absolute atomic E-state index is 12.3. The van der Waals surface area contributed by atoms with Crippen molar-refractivity contribution in [3.05, 3.63) is 36.1 Å². The number of nitrogens with one attached hydrogen (secondary N) is 2. The predicted octanol–water partition coefficient (Wildman–Crippen LogP) is 4.13. The minimum Gasteiger partial charge on any atom is -0.374 e. The van der Waals surface area contributed by atoms with E-state index in [1.165, 1.54) is 0 Å². The van der Waals surface area contributed by atoms with Gasteiger partial charge in [-0.15, -0.1) is 0 Å². The van der Waals surface area contributed by atoms with Gasteiger partial charge in [0.25, 0.3) is 5.76 Å². The molecule has 23 heavy (non-hydrogen) atoms. The highest BCUT2D eigenvalue weighted by atomic mass is 32.2. The number of aryl methyl sites for hydroxylation is 1. The average molecular weight is 341 g/mol. The average Bonchev–Trinajstić information content (AvgIpc) is 2.91. The first-order valence-electron chi connectivity index (χ1n) is 7.03. The fourth-order valence-electron chi connectivity index (χ4n) is 1.93.